The highest BCUT2D eigenvalue weighted by Crippen LogP contribution is 2.31. The summed E-state index contributed by atoms with van der Waals surface area (Å²) in [4.78, 5) is 62.0. The number of fused-ring (bicyclic) bond motifs is 3. The number of carbonyl (C=O) groups excluding carboxylic acids is 3. The minimum atomic E-state index is -0.132. The van der Waals surface area contributed by atoms with Gasteiger partial charge in [-0.05, 0) is 224 Å². The zero-order valence-electron chi connectivity index (χ0n) is 54.6. The van der Waals surface area contributed by atoms with Crippen LogP contribution in [-0.2, 0) is 24.4 Å². The third kappa shape index (κ3) is 16.6. The molecule has 94 heavy (non-hydrogen) atoms. The predicted molar refractivity (Wildman–Crippen MR) is 369 cm³/mol. The van der Waals surface area contributed by atoms with E-state index in [1.807, 2.05) is 61.4 Å². The largest absolute Gasteiger partial charge is 0.381 e. The van der Waals surface area contributed by atoms with Crippen molar-refractivity contribution in [1.82, 2.24) is 81.1 Å². The first-order valence-electron chi connectivity index (χ1n) is 34.8. The fourth-order valence-electron chi connectivity index (χ4n) is 14.4. The number of aromatic amines is 3. The Kier molecular flexibility index (Phi) is 21.5. The topological polar surface area (TPSA) is 234 Å². The molecule has 6 aromatic heterocycles. The van der Waals surface area contributed by atoms with Crippen molar-refractivity contribution in [2.75, 3.05) is 72.6 Å². The number of nitrogens with zero attached hydrogens (tertiary/aromatic N) is 10. The number of aromatic nitrogens is 9. The van der Waals surface area contributed by atoms with E-state index in [2.05, 4.69) is 137 Å². The van der Waals surface area contributed by atoms with Crippen molar-refractivity contribution in [3.8, 4) is 33.4 Å². The molecule has 5 saturated heterocycles. The van der Waals surface area contributed by atoms with E-state index in [1.54, 1.807) is 0 Å². The van der Waals surface area contributed by atoms with Crippen molar-refractivity contribution >= 4 is 50.4 Å². The smallest absolute Gasteiger partial charge is 0.272 e. The number of carbonyl (C=O) groups is 3. The zero-order chi connectivity index (χ0) is 64.0. The Bertz CT molecular complexity index is 3820. The first-order chi connectivity index (χ1) is 46.2. The van der Waals surface area contributed by atoms with Gasteiger partial charge in [-0.25, -0.2) is 0 Å². The second-order valence-electron chi connectivity index (χ2n) is 27.0. The summed E-state index contributed by atoms with van der Waals surface area (Å²) in [6, 6.07) is 25.7. The van der Waals surface area contributed by atoms with E-state index in [-0.39, 0.29) is 35.8 Å². The summed E-state index contributed by atoms with van der Waals surface area (Å²) in [5, 5.41) is 34.0. The van der Waals surface area contributed by atoms with Gasteiger partial charge in [-0.15, -0.1) is 0 Å². The molecule has 5 aliphatic heterocycles. The lowest BCUT2D eigenvalue weighted by Crippen LogP contribution is -2.43. The summed E-state index contributed by atoms with van der Waals surface area (Å²) in [7, 11) is 2.12. The lowest BCUT2D eigenvalue weighted by atomic mass is 9.95. The lowest BCUT2D eigenvalue weighted by molar-refractivity contribution is 0.0694. The first-order valence-corrected chi connectivity index (χ1v) is 34.8. The molecule has 0 spiro atoms. The SMILES string of the molecule is CN1CCC(NC(=O)c2n[nH]c3ccc(-c4cncc(CN5CCCCC5)c4)cc23)CC1.O=C(NC1CCCCC1)c1n[nH]c2ccc(-c3cncc(CN4CCCCC4)c3)cc12.O=C(NC1CCOCC1)c1n[nH]c2ccc(-c3cncc(CN4CCCCC4)c3)cc12. The van der Waals surface area contributed by atoms with Crippen LogP contribution in [0.3, 0.4) is 0 Å². The molecule has 0 unspecified atom stereocenters. The standard InChI is InChI=1S/C25H32N6O.C25H31N5O.C24H29N5O2/c1-30-11-7-21(8-12-30)27-25(32)24-22-14-19(5-6-23(22)28-29-24)20-13-18(15-26-16-20)17-31-9-3-2-4-10-31;31-25(27-21-7-3-1-4-8-21)24-22-14-19(9-10-23(22)28-29-24)20-13-18(15-26-16-20)17-30-11-5-2-6-12-30;30-24(26-20-6-10-31-11-7-20)23-21-13-18(4-5-22(21)27-28-23)19-12-17(14-25-15-19)16-29-8-2-1-3-9-29/h5-6,13-16,21H,2-4,7-12,17H2,1H3,(H,27,32)(H,28,29);9-10,13-16,21H,1-8,11-12,17H2,(H,27,31)(H,28,29);4-5,12-15,20H,1-3,6-11,16H2,(H,26,30)(H,27,28). The van der Waals surface area contributed by atoms with E-state index >= 15 is 0 Å². The number of nitrogens with one attached hydrogen (secondary N) is 6. The number of amides is 3. The van der Waals surface area contributed by atoms with Gasteiger partial charge in [0, 0.05) is 121 Å². The molecule has 1 aliphatic carbocycles. The Morgan fingerprint density at radius 3 is 1.09 bits per heavy atom. The zero-order valence-corrected chi connectivity index (χ0v) is 54.6. The second-order valence-corrected chi connectivity index (χ2v) is 27.0. The summed E-state index contributed by atoms with van der Waals surface area (Å²) in [5.41, 5.74) is 14.1. The van der Waals surface area contributed by atoms with Crippen LogP contribution in [0.25, 0.3) is 66.1 Å². The monoisotopic (exact) mass is 1270 g/mol. The van der Waals surface area contributed by atoms with Gasteiger partial charge in [-0.1, -0.05) is 56.7 Å². The van der Waals surface area contributed by atoms with Crippen molar-refractivity contribution in [3.05, 3.63) is 144 Å². The van der Waals surface area contributed by atoms with Gasteiger partial charge in [0.05, 0.1) is 16.6 Å². The summed E-state index contributed by atoms with van der Waals surface area (Å²) >= 11 is 0. The van der Waals surface area contributed by atoms with Crippen molar-refractivity contribution in [2.45, 2.75) is 153 Å². The van der Waals surface area contributed by atoms with Gasteiger partial charge in [0.1, 0.15) is 0 Å². The summed E-state index contributed by atoms with van der Waals surface area (Å²) in [6.45, 7) is 13.2. The Balaban J connectivity index is 0.000000128. The van der Waals surface area contributed by atoms with Gasteiger partial charge in [-0.2, -0.15) is 15.3 Å². The van der Waals surface area contributed by atoms with Crippen LogP contribution in [0.5, 0.6) is 0 Å². The first kappa shape index (κ1) is 64.4. The number of benzene rings is 3. The van der Waals surface area contributed by atoms with Gasteiger partial charge in [0.15, 0.2) is 17.1 Å². The number of H-pyrrole nitrogens is 3. The van der Waals surface area contributed by atoms with Crippen LogP contribution in [0.15, 0.2) is 110 Å². The van der Waals surface area contributed by atoms with E-state index < -0.39 is 0 Å². The molecule has 20 heteroatoms. The molecule has 6 N–H and O–H groups in total. The number of pyridine rings is 3. The number of hydrogen-bond donors (Lipinski definition) is 6. The number of likely N-dealkylation sites (tertiary alicyclic amines) is 4. The molecule has 1 saturated carbocycles. The number of rotatable bonds is 15. The quantitative estimate of drug-likeness (QED) is 0.0560. The van der Waals surface area contributed by atoms with E-state index in [0.29, 0.717) is 30.3 Å². The van der Waals surface area contributed by atoms with Crippen LogP contribution in [0.4, 0.5) is 0 Å². The maximum Gasteiger partial charge on any atom is 0.272 e. The number of hydrogen-bond acceptors (Lipinski definition) is 14. The third-order valence-electron chi connectivity index (χ3n) is 19.8. The molecule has 6 aliphatic rings. The lowest BCUT2D eigenvalue weighted by Gasteiger charge is -2.29. The molecule has 492 valence electrons. The van der Waals surface area contributed by atoms with Crippen LogP contribution in [0, 0.1) is 0 Å². The molecule has 0 bridgehead atoms. The molecule has 3 amide bonds. The second kappa shape index (κ2) is 31.3. The van der Waals surface area contributed by atoms with Gasteiger partial charge in [-0.3, -0.25) is 59.3 Å². The predicted octanol–water partition coefficient (Wildman–Crippen LogP) is 11.6. The van der Waals surface area contributed by atoms with E-state index in [4.69, 9.17) is 4.74 Å². The van der Waals surface area contributed by atoms with Crippen LogP contribution in [0.2, 0.25) is 0 Å². The van der Waals surface area contributed by atoms with Gasteiger partial charge < -0.3 is 25.6 Å². The van der Waals surface area contributed by atoms with Crippen molar-refractivity contribution < 1.29 is 19.1 Å². The minimum Gasteiger partial charge on any atom is -0.381 e. The molecule has 15 rings (SSSR count). The van der Waals surface area contributed by atoms with Crippen LogP contribution >= 0.6 is 0 Å². The Labute approximate surface area is 551 Å². The van der Waals surface area contributed by atoms with E-state index in [1.165, 1.54) is 120 Å². The number of piperidine rings is 4. The molecule has 9 aromatic rings. The fourth-order valence-corrected chi connectivity index (χ4v) is 14.4. The van der Waals surface area contributed by atoms with Gasteiger partial charge >= 0.3 is 0 Å². The van der Waals surface area contributed by atoms with Crippen molar-refractivity contribution in [1.29, 1.82) is 0 Å². The fraction of sp³-hybridized carbons (Fsp3) is 0.473. The van der Waals surface area contributed by atoms with Crippen LogP contribution in [-0.4, -0.2) is 174 Å². The van der Waals surface area contributed by atoms with E-state index in [0.717, 1.165) is 150 Å². The maximum absolute atomic E-state index is 13.0. The average molecular weight is 1270 g/mol. The molecule has 3 aromatic carbocycles. The van der Waals surface area contributed by atoms with Gasteiger partial charge in [0.2, 0.25) is 0 Å². The molecular formula is C74H92N16O4. The van der Waals surface area contributed by atoms with Gasteiger partial charge in [0.25, 0.3) is 17.7 Å². The normalized spacial score (nSPS) is 18.5. The Hall–Kier alpha value is -8.27. The summed E-state index contributed by atoms with van der Waals surface area (Å²) in [6.07, 6.45) is 32.7. The molecule has 11 heterocycles. The molecule has 20 nitrogen and oxygen atoms in total. The Morgan fingerprint density at radius 1 is 0.394 bits per heavy atom. The molecule has 0 radical (unpaired) electrons. The molecule has 6 fully saturated rings. The highest BCUT2D eigenvalue weighted by molar-refractivity contribution is 6.07. The summed E-state index contributed by atoms with van der Waals surface area (Å²) in [5.74, 6) is -0.306. The molecule has 0 atom stereocenters. The number of ether oxygens (including phenoxy) is 1. The highest BCUT2D eigenvalue weighted by Gasteiger charge is 2.26. The van der Waals surface area contributed by atoms with Crippen molar-refractivity contribution in [2.24, 2.45) is 0 Å². The molecular weight excluding hydrogens is 1180 g/mol. The Morgan fingerprint density at radius 2 is 0.723 bits per heavy atom. The van der Waals surface area contributed by atoms with Crippen LogP contribution < -0.4 is 16.0 Å². The third-order valence-corrected chi connectivity index (χ3v) is 19.8. The maximum atomic E-state index is 13.0. The van der Waals surface area contributed by atoms with E-state index in [9.17, 15) is 14.4 Å². The minimum absolute atomic E-state index is 0.0766. The summed E-state index contributed by atoms with van der Waals surface area (Å²) < 4.78 is 5.38. The highest BCUT2D eigenvalue weighted by atomic mass is 16.5. The van der Waals surface area contributed by atoms with Crippen LogP contribution in [0.1, 0.15) is 164 Å². The van der Waals surface area contributed by atoms with Crippen molar-refractivity contribution in [3.63, 3.8) is 0 Å². The average Bonchev–Trinajstić information content (AvgIpc) is 2.17.